The van der Waals surface area contributed by atoms with E-state index in [4.69, 9.17) is 16.2 Å². The number of carbonyl (C=O) groups excluding carboxylic acids is 2. The Kier molecular flexibility index (Phi) is 4.89. The minimum Gasteiger partial charge on any atom is -0.379 e. The Labute approximate surface area is 101 Å². The molecule has 0 aromatic carbocycles. The number of primary amides is 1. The molecule has 1 fully saturated rings. The Hall–Kier alpha value is -1.14. The number of ether oxygens (including phenoxy) is 1. The van der Waals surface area contributed by atoms with Gasteiger partial charge in [0.25, 0.3) is 0 Å². The second-order valence-electron chi connectivity index (χ2n) is 4.72. The molecule has 17 heavy (non-hydrogen) atoms. The van der Waals surface area contributed by atoms with E-state index in [2.05, 4.69) is 5.32 Å². The van der Waals surface area contributed by atoms with E-state index in [-0.39, 0.29) is 17.9 Å². The van der Waals surface area contributed by atoms with Crippen molar-refractivity contribution in [1.82, 2.24) is 5.32 Å². The van der Waals surface area contributed by atoms with E-state index < -0.39 is 5.41 Å². The van der Waals surface area contributed by atoms with Gasteiger partial charge >= 0.3 is 0 Å². The molecule has 1 aliphatic rings. The normalized spacial score (nSPS) is 28.0. The molecule has 5 N–H and O–H groups in total. The van der Waals surface area contributed by atoms with Gasteiger partial charge in [-0.15, -0.1) is 0 Å². The molecule has 0 saturated carbocycles. The zero-order chi connectivity index (χ0) is 12.9. The summed E-state index contributed by atoms with van der Waals surface area (Å²) in [5.74, 6) is -0.393. The van der Waals surface area contributed by atoms with Crippen molar-refractivity contribution in [1.29, 1.82) is 0 Å². The van der Waals surface area contributed by atoms with Gasteiger partial charge < -0.3 is 21.5 Å². The molecule has 0 spiro atoms. The van der Waals surface area contributed by atoms with Gasteiger partial charge in [-0.25, -0.2) is 0 Å². The Bertz CT molecular complexity index is 296. The molecule has 1 rings (SSSR count). The van der Waals surface area contributed by atoms with Gasteiger partial charge in [0.1, 0.15) is 0 Å². The Morgan fingerprint density at radius 2 is 2.18 bits per heavy atom. The Morgan fingerprint density at radius 3 is 2.71 bits per heavy atom. The molecule has 0 aromatic heterocycles. The lowest BCUT2D eigenvalue weighted by atomic mass is 9.85. The van der Waals surface area contributed by atoms with E-state index in [9.17, 15) is 9.59 Å². The van der Waals surface area contributed by atoms with Gasteiger partial charge in [-0.1, -0.05) is 0 Å². The number of hydrogen-bond donors (Lipinski definition) is 3. The summed E-state index contributed by atoms with van der Waals surface area (Å²) in [7, 11) is 0. The molecular weight excluding hydrogens is 222 g/mol. The van der Waals surface area contributed by atoms with Crippen LogP contribution >= 0.6 is 0 Å². The quantitative estimate of drug-likeness (QED) is 0.526. The lowest BCUT2D eigenvalue weighted by molar-refractivity contribution is -0.130. The molecule has 0 radical (unpaired) electrons. The van der Waals surface area contributed by atoms with Crippen molar-refractivity contribution in [2.45, 2.75) is 32.2 Å². The van der Waals surface area contributed by atoms with Gasteiger partial charge in [0, 0.05) is 19.0 Å². The highest BCUT2D eigenvalue weighted by Gasteiger charge is 2.44. The van der Waals surface area contributed by atoms with Crippen LogP contribution in [0.15, 0.2) is 0 Å². The maximum Gasteiger partial charge on any atom is 0.229 e. The number of unbranched alkanes of at least 4 members (excludes halogenated alkanes) is 1. The van der Waals surface area contributed by atoms with E-state index in [0.29, 0.717) is 32.6 Å². The number of hydrogen-bond acceptors (Lipinski definition) is 4. The zero-order valence-corrected chi connectivity index (χ0v) is 10.2. The summed E-state index contributed by atoms with van der Waals surface area (Å²) in [6.07, 6.45) is 1.78. The molecule has 1 heterocycles. The van der Waals surface area contributed by atoms with Gasteiger partial charge in [-0.3, -0.25) is 9.59 Å². The topological polar surface area (TPSA) is 107 Å². The van der Waals surface area contributed by atoms with Crippen LogP contribution in [0.4, 0.5) is 0 Å². The first kappa shape index (κ1) is 13.9. The van der Waals surface area contributed by atoms with E-state index in [1.165, 1.54) is 0 Å². The monoisotopic (exact) mass is 243 g/mol. The van der Waals surface area contributed by atoms with Crippen molar-refractivity contribution in [3.8, 4) is 0 Å². The van der Waals surface area contributed by atoms with E-state index >= 15 is 0 Å². The second kappa shape index (κ2) is 5.97. The summed E-state index contributed by atoms with van der Waals surface area (Å²) in [6, 6.07) is -0.256. The molecular formula is C11H21N3O3. The summed E-state index contributed by atoms with van der Waals surface area (Å²) >= 11 is 0. The van der Waals surface area contributed by atoms with Crippen molar-refractivity contribution in [3.63, 3.8) is 0 Å². The summed E-state index contributed by atoms with van der Waals surface area (Å²) in [4.78, 5) is 22.4. The van der Waals surface area contributed by atoms with Crippen molar-refractivity contribution in [2.75, 3.05) is 19.8 Å². The molecule has 98 valence electrons. The maximum atomic E-state index is 11.9. The van der Waals surface area contributed by atoms with Gasteiger partial charge in [-0.05, 0) is 19.8 Å². The fraction of sp³-hybridized carbons (Fsp3) is 0.818. The summed E-state index contributed by atoms with van der Waals surface area (Å²) in [5.41, 5.74) is 10.2. The summed E-state index contributed by atoms with van der Waals surface area (Å²) in [6.45, 7) is 3.13. The SMILES string of the molecule is CC1(C(=O)NCCCCC(N)=O)COCC1N. The number of nitrogens with one attached hydrogen (secondary N) is 1. The molecule has 2 atom stereocenters. The summed E-state index contributed by atoms with van der Waals surface area (Å²) in [5, 5.41) is 2.82. The van der Waals surface area contributed by atoms with Crippen LogP contribution < -0.4 is 16.8 Å². The van der Waals surface area contributed by atoms with Crippen LogP contribution in [0.5, 0.6) is 0 Å². The van der Waals surface area contributed by atoms with E-state index in [1.807, 2.05) is 6.92 Å². The van der Waals surface area contributed by atoms with E-state index in [0.717, 1.165) is 6.42 Å². The highest BCUT2D eigenvalue weighted by molar-refractivity contribution is 5.83. The molecule has 1 saturated heterocycles. The van der Waals surface area contributed by atoms with Crippen LogP contribution in [0.1, 0.15) is 26.2 Å². The number of rotatable bonds is 6. The van der Waals surface area contributed by atoms with Gasteiger partial charge in [0.15, 0.2) is 0 Å². The average molecular weight is 243 g/mol. The van der Waals surface area contributed by atoms with Crippen molar-refractivity contribution in [3.05, 3.63) is 0 Å². The predicted octanol–water partition coefficient (Wildman–Crippen LogP) is -0.878. The maximum absolute atomic E-state index is 11.9. The molecule has 6 heteroatoms. The highest BCUT2D eigenvalue weighted by Crippen LogP contribution is 2.26. The first-order valence-electron chi connectivity index (χ1n) is 5.87. The molecule has 0 aromatic rings. The van der Waals surface area contributed by atoms with Crippen molar-refractivity contribution in [2.24, 2.45) is 16.9 Å². The third-order valence-corrected chi connectivity index (χ3v) is 3.17. The number of amides is 2. The largest absolute Gasteiger partial charge is 0.379 e. The van der Waals surface area contributed by atoms with Crippen LogP contribution in [0.2, 0.25) is 0 Å². The van der Waals surface area contributed by atoms with E-state index in [1.54, 1.807) is 0 Å². The van der Waals surface area contributed by atoms with Crippen LogP contribution in [0.3, 0.4) is 0 Å². The number of nitrogens with two attached hydrogens (primary N) is 2. The molecule has 2 amide bonds. The Morgan fingerprint density at radius 1 is 1.47 bits per heavy atom. The molecule has 2 unspecified atom stereocenters. The Balaban J connectivity index is 2.23. The smallest absolute Gasteiger partial charge is 0.229 e. The predicted molar refractivity (Wildman–Crippen MR) is 63.0 cm³/mol. The van der Waals surface area contributed by atoms with Crippen molar-refractivity contribution >= 4 is 11.8 Å². The first-order chi connectivity index (χ1) is 7.97. The van der Waals surface area contributed by atoms with Gasteiger partial charge in [0.2, 0.25) is 11.8 Å². The minimum atomic E-state index is -0.635. The summed E-state index contributed by atoms with van der Waals surface area (Å²) < 4.78 is 5.21. The molecule has 0 bridgehead atoms. The van der Waals surface area contributed by atoms with Gasteiger partial charge in [-0.2, -0.15) is 0 Å². The molecule has 6 nitrogen and oxygen atoms in total. The lowest BCUT2D eigenvalue weighted by Gasteiger charge is -2.25. The fourth-order valence-electron chi connectivity index (χ4n) is 1.75. The average Bonchev–Trinajstić information content (AvgIpc) is 2.59. The highest BCUT2D eigenvalue weighted by atomic mass is 16.5. The standard InChI is InChI=1S/C11H21N3O3/c1-11(7-17-6-8(11)12)10(16)14-5-3-2-4-9(13)15/h8H,2-7,12H2,1H3,(H2,13,15)(H,14,16). The van der Waals surface area contributed by atoms with Crippen LogP contribution in [-0.2, 0) is 14.3 Å². The van der Waals surface area contributed by atoms with Crippen LogP contribution in [0.25, 0.3) is 0 Å². The van der Waals surface area contributed by atoms with Crippen molar-refractivity contribution < 1.29 is 14.3 Å². The zero-order valence-electron chi connectivity index (χ0n) is 10.2. The third kappa shape index (κ3) is 3.67. The second-order valence-corrected chi connectivity index (χ2v) is 4.72. The third-order valence-electron chi connectivity index (χ3n) is 3.17. The number of carbonyl (C=O) groups is 2. The van der Waals surface area contributed by atoms with Crippen LogP contribution in [0, 0.1) is 5.41 Å². The lowest BCUT2D eigenvalue weighted by Crippen LogP contribution is -2.50. The first-order valence-corrected chi connectivity index (χ1v) is 5.87. The van der Waals surface area contributed by atoms with Gasteiger partial charge in [0.05, 0.1) is 18.6 Å². The molecule has 1 aliphatic heterocycles. The molecule has 0 aliphatic carbocycles. The fourth-order valence-corrected chi connectivity index (χ4v) is 1.75. The minimum absolute atomic E-state index is 0.0819. The van der Waals surface area contributed by atoms with Crippen LogP contribution in [-0.4, -0.2) is 37.6 Å².